The van der Waals surface area contributed by atoms with Crippen LogP contribution in [0.5, 0.6) is 0 Å². The standard InChI is InChI=1S/C13H9FN2/c14-12-7-13(16)11(6-10(12)8-15)9-4-2-1-3-5-9/h1-7H,16H2. The number of hydrogen-bond acceptors (Lipinski definition) is 2. The monoisotopic (exact) mass is 212 g/mol. The molecule has 0 saturated carbocycles. The number of nitrogens with two attached hydrogens (primary N) is 1. The Balaban J connectivity index is 2.63. The lowest BCUT2D eigenvalue weighted by Crippen LogP contribution is -1.94. The molecule has 0 atom stereocenters. The topological polar surface area (TPSA) is 49.8 Å². The minimum Gasteiger partial charge on any atom is -0.398 e. The average Bonchev–Trinajstić information content (AvgIpc) is 2.30. The zero-order valence-corrected chi connectivity index (χ0v) is 8.44. The van der Waals surface area contributed by atoms with Crippen LogP contribution in [-0.4, -0.2) is 0 Å². The maximum Gasteiger partial charge on any atom is 0.143 e. The minimum atomic E-state index is -0.584. The molecular formula is C13H9FN2. The summed E-state index contributed by atoms with van der Waals surface area (Å²) in [6.07, 6.45) is 0. The van der Waals surface area contributed by atoms with Crippen LogP contribution >= 0.6 is 0 Å². The quantitative estimate of drug-likeness (QED) is 0.739. The average molecular weight is 212 g/mol. The minimum absolute atomic E-state index is 0.00746. The number of rotatable bonds is 1. The number of benzene rings is 2. The van der Waals surface area contributed by atoms with Crippen LogP contribution in [0.3, 0.4) is 0 Å². The van der Waals surface area contributed by atoms with Gasteiger partial charge in [-0.05, 0) is 17.7 Å². The molecule has 0 heterocycles. The SMILES string of the molecule is N#Cc1cc(-c2ccccc2)c(N)cc1F. The molecule has 0 aliphatic carbocycles. The third kappa shape index (κ3) is 1.73. The van der Waals surface area contributed by atoms with E-state index >= 15 is 0 Å². The Hall–Kier alpha value is -2.34. The second-order valence-electron chi connectivity index (χ2n) is 3.40. The van der Waals surface area contributed by atoms with Gasteiger partial charge in [-0.2, -0.15) is 5.26 Å². The summed E-state index contributed by atoms with van der Waals surface area (Å²) >= 11 is 0. The summed E-state index contributed by atoms with van der Waals surface area (Å²) in [7, 11) is 0. The lowest BCUT2D eigenvalue weighted by molar-refractivity contribution is 0.625. The zero-order chi connectivity index (χ0) is 11.5. The van der Waals surface area contributed by atoms with Crippen molar-refractivity contribution in [1.82, 2.24) is 0 Å². The molecule has 2 aromatic rings. The molecule has 78 valence electrons. The molecular weight excluding hydrogens is 203 g/mol. The van der Waals surface area contributed by atoms with Crippen molar-refractivity contribution in [3.8, 4) is 17.2 Å². The summed E-state index contributed by atoms with van der Waals surface area (Å²) in [6, 6.07) is 13.8. The summed E-state index contributed by atoms with van der Waals surface area (Å²) in [5, 5.41) is 8.75. The predicted molar refractivity (Wildman–Crippen MR) is 61.0 cm³/mol. The molecule has 2 nitrogen and oxygen atoms in total. The first-order chi connectivity index (χ1) is 7.72. The Bertz CT molecular complexity index is 556. The van der Waals surface area contributed by atoms with Crippen LogP contribution in [0.2, 0.25) is 0 Å². The van der Waals surface area contributed by atoms with Crippen LogP contribution in [0.25, 0.3) is 11.1 Å². The van der Waals surface area contributed by atoms with Crippen LogP contribution in [0.1, 0.15) is 5.56 Å². The van der Waals surface area contributed by atoms with Crippen molar-refractivity contribution < 1.29 is 4.39 Å². The van der Waals surface area contributed by atoms with E-state index in [1.54, 1.807) is 6.07 Å². The molecule has 0 saturated heterocycles. The van der Waals surface area contributed by atoms with E-state index in [4.69, 9.17) is 11.0 Å². The van der Waals surface area contributed by atoms with Crippen LogP contribution in [0, 0.1) is 17.1 Å². The molecule has 2 aromatic carbocycles. The van der Waals surface area contributed by atoms with Crippen molar-refractivity contribution in [2.75, 3.05) is 5.73 Å². The number of anilines is 1. The van der Waals surface area contributed by atoms with Crippen molar-refractivity contribution in [2.45, 2.75) is 0 Å². The van der Waals surface area contributed by atoms with E-state index in [9.17, 15) is 4.39 Å². The molecule has 0 aliphatic heterocycles. The molecule has 0 aliphatic rings. The molecule has 0 amide bonds. The Morgan fingerprint density at radius 2 is 1.81 bits per heavy atom. The van der Waals surface area contributed by atoms with Gasteiger partial charge in [-0.25, -0.2) is 4.39 Å². The van der Waals surface area contributed by atoms with Gasteiger partial charge in [0.1, 0.15) is 11.9 Å². The Kier molecular flexibility index (Phi) is 2.57. The van der Waals surface area contributed by atoms with Gasteiger partial charge in [0.05, 0.1) is 5.56 Å². The summed E-state index contributed by atoms with van der Waals surface area (Å²) < 4.78 is 13.2. The molecule has 0 unspecified atom stereocenters. The zero-order valence-electron chi connectivity index (χ0n) is 8.44. The second-order valence-corrected chi connectivity index (χ2v) is 3.40. The normalized spacial score (nSPS) is 9.75. The van der Waals surface area contributed by atoms with E-state index in [1.807, 2.05) is 30.3 Å². The van der Waals surface area contributed by atoms with Gasteiger partial charge in [0, 0.05) is 11.3 Å². The van der Waals surface area contributed by atoms with E-state index in [0.29, 0.717) is 11.3 Å². The van der Waals surface area contributed by atoms with Crippen LogP contribution < -0.4 is 5.73 Å². The fraction of sp³-hybridized carbons (Fsp3) is 0. The largest absolute Gasteiger partial charge is 0.398 e. The highest BCUT2D eigenvalue weighted by Crippen LogP contribution is 2.28. The Morgan fingerprint density at radius 3 is 2.44 bits per heavy atom. The predicted octanol–water partition coefficient (Wildman–Crippen LogP) is 2.95. The summed E-state index contributed by atoms with van der Waals surface area (Å²) in [5.74, 6) is -0.584. The molecule has 2 N–H and O–H groups in total. The fourth-order valence-corrected chi connectivity index (χ4v) is 1.54. The van der Waals surface area contributed by atoms with E-state index in [2.05, 4.69) is 0 Å². The van der Waals surface area contributed by atoms with E-state index < -0.39 is 5.82 Å². The molecule has 16 heavy (non-hydrogen) atoms. The van der Waals surface area contributed by atoms with Gasteiger partial charge >= 0.3 is 0 Å². The van der Waals surface area contributed by atoms with E-state index in [0.717, 1.165) is 5.56 Å². The first-order valence-electron chi connectivity index (χ1n) is 4.77. The van der Waals surface area contributed by atoms with Crippen LogP contribution in [0.4, 0.5) is 10.1 Å². The van der Waals surface area contributed by atoms with Gasteiger partial charge in [0.2, 0.25) is 0 Å². The van der Waals surface area contributed by atoms with Crippen LogP contribution in [-0.2, 0) is 0 Å². The van der Waals surface area contributed by atoms with Crippen molar-refractivity contribution in [1.29, 1.82) is 5.26 Å². The summed E-state index contributed by atoms with van der Waals surface area (Å²) in [4.78, 5) is 0. The number of nitrogens with zero attached hydrogens (tertiary/aromatic N) is 1. The van der Waals surface area contributed by atoms with Crippen molar-refractivity contribution in [3.63, 3.8) is 0 Å². The number of hydrogen-bond donors (Lipinski definition) is 1. The first-order valence-corrected chi connectivity index (χ1v) is 4.77. The molecule has 2 rings (SSSR count). The maximum atomic E-state index is 13.2. The van der Waals surface area contributed by atoms with Gasteiger partial charge in [0.25, 0.3) is 0 Å². The lowest BCUT2D eigenvalue weighted by atomic mass is 10.0. The molecule has 0 aromatic heterocycles. The van der Waals surface area contributed by atoms with Crippen molar-refractivity contribution >= 4 is 5.69 Å². The van der Waals surface area contributed by atoms with E-state index in [1.165, 1.54) is 12.1 Å². The van der Waals surface area contributed by atoms with Gasteiger partial charge < -0.3 is 5.73 Å². The molecule has 0 radical (unpaired) electrons. The molecule has 3 heteroatoms. The summed E-state index contributed by atoms with van der Waals surface area (Å²) in [6.45, 7) is 0. The maximum absolute atomic E-state index is 13.2. The highest BCUT2D eigenvalue weighted by atomic mass is 19.1. The second kappa shape index (κ2) is 4.03. The smallest absolute Gasteiger partial charge is 0.143 e. The fourth-order valence-electron chi connectivity index (χ4n) is 1.54. The highest BCUT2D eigenvalue weighted by molar-refractivity contribution is 5.77. The van der Waals surface area contributed by atoms with Crippen molar-refractivity contribution in [3.05, 3.63) is 53.8 Å². The molecule has 0 bridgehead atoms. The highest BCUT2D eigenvalue weighted by Gasteiger charge is 2.08. The first kappa shape index (κ1) is 10.2. The Morgan fingerprint density at radius 1 is 1.12 bits per heavy atom. The van der Waals surface area contributed by atoms with Gasteiger partial charge in [-0.15, -0.1) is 0 Å². The van der Waals surface area contributed by atoms with E-state index in [-0.39, 0.29) is 5.56 Å². The third-order valence-corrected chi connectivity index (χ3v) is 2.34. The van der Waals surface area contributed by atoms with Gasteiger partial charge in [-0.1, -0.05) is 30.3 Å². The lowest BCUT2D eigenvalue weighted by Gasteiger charge is -2.06. The van der Waals surface area contributed by atoms with Gasteiger partial charge in [-0.3, -0.25) is 0 Å². The number of nitrogen functional groups attached to an aromatic ring is 1. The van der Waals surface area contributed by atoms with Crippen LogP contribution in [0.15, 0.2) is 42.5 Å². The van der Waals surface area contributed by atoms with Gasteiger partial charge in [0.15, 0.2) is 0 Å². The third-order valence-electron chi connectivity index (χ3n) is 2.34. The molecule has 0 spiro atoms. The number of nitriles is 1. The summed E-state index contributed by atoms with van der Waals surface area (Å²) in [5.41, 5.74) is 7.62. The number of halogens is 1. The van der Waals surface area contributed by atoms with Crippen molar-refractivity contribution in [2.24, 2.45) is 0 Å². The Labute approximate surface area is 92.8 Å². The molecule has 0 fully saturated rings.